The van der Waals surface area contributed by atoms with E-state index in [9.17, 15) is 0 Å². The first kappa shape index (κ1) is 17.4. The topological polar surface area (TPSA) is 24.9 Å². The van der Waals surface area contributed by atoms with E-state index in [1.807, 2.05) is 0 Å². The van der Waals surface area contributed by atoms with Crippen LogP contribution in [0.5, 0.6) is 0 Å². The van der Waals surface area contributed by atoms with Crippen LogP contribution in [0.15, 0.2) is 0 Å². The van der Waals surface area contributed by atoms with Gasteiger partial charge in [-0.2, -0.15) is 0 Å². The monoisotopic (exact) mass is 314 g/mol. The van der Waals surface area contributed by atoms with Crippen molar-refractivity contribution in [3.8, 4) is 0 Å². The summed E-state index contributed by atoms with van der Waals surface area (Å²) in [7, 11) is -2.39. The standard InChI is InChI=1S/C16H34N2O2Si/c1-5-19-21(20-6-2,17-11-7-15(3)8-12-17)18-13-9-16(4)10-14-18/h15-16H,5-14H2,1-4H3. The number of rotatable bonds is 6. The molecule has 0 aliphatic carbocycles. The van der Waals surface area contributed by atoms with Gasteiger partial charge >= 0.3 is 8.88 Å². The summed E-state index contributed by atoms with van der Waals surface area (Å²) in [5.41, 5.74) is 0. The molecule has 124 valence electrons. The molecule has 0 spiro atoms. The molecule has 2 rings (SSSR count). The van der Waals surface area contributed by atoms with Crippen molar-refractivity contribution in [2.45, 2.75) is 53.4 Å². The molecule has 0 aromatic carbocycles. The lowest BCUT2D eigenvalue weighted by Crippen LogP contribution is -2.72. The molecule has 0 radical (unpaired) electrons. The fourth-order valence-corrected chi connectivity index (χ4v) is 7.18. The summed E-state index contributed by atoms with van der Waals surface area (Å²) >= 11 is 0. The normalized spacial score (nSPS) is 24.6. The van der Waals surface area contributed by atoms with Crippen LogP contribution < -0.4 is 0 Å². The molecule has 5 heteroatoms. The van der Waals surface area contributed by atoms with Gasteiger partial charge in [-0.1, -0.05) is 13.8 Å². The molecule has 4 nitrogen and oxygen atoms in total. The van der Waals surface area contributed by atoms with E-state index in [0.717, 1.165) is 51.2 Å². The van der Waals surface area contributed by atoms with E-state index in [1.54, 1.807) is 0 Å². The van der Waals surface area contributed by atoms with Crippen LogP contribution >= 0.6 is 0 Å². The Morgan fingerprint density at radius 1 is 0.762 bits per heavy atom. The van der Waals surface area contributed by atoms with Gasteiger partial charge in [-0.3, -0.25) is 9.13 Å². The van der Waals surface area contributed by atoms with Crippen molar-refractivity contribution in [1.29, 1.82) is 0 Å². The highest BCUT2D eigenvalue weighted by atomic mass is 28.4. The van der Waals surface area contributed by atoms with E-state index >= 15 is 0 Å². The maximum absolute atomic E-state index is 6.39. The summed E-state index contributed by atoms with van der Waals surface area (Å²) < 4.78 is 17.9. The van der Waals surface area contributed by atoms with Gasteiger partial charge < -0.3 is 8.85 Å². The summed E-state index contributed by atoms with van der Waals surface area (Å²) in [6.45, 7) is 15.0. The van der Waals surface area contributed by atoms with Crippen molar-refractivity contribution in [2.75, 3.05) is 39.4 Å². The fourth-order valence-electron chi connectivity index (χ4n) is 3.57. The Balaban J connectivity index is 2.15. The zero-order valence-corrected chi connectivity index (χ0v) is 15.4. The van der Waals surface area contributed by atoms with Gasteiger partial charge in [0.25, 0.3) is 0 Å². The second-order valence-electron chi connectivity index (χ2n) is 6.75. The number of hydrogen-bond acceptors (Lipinski definition) is 4. The Hall–Kier alpha value is 0.0569. The molecule has 2 saturated heterocycles. The third kappa shape index (κ3) is 4.08. The van der Waals surface area contributed by atoms with Gasteiger partial charge in [0.05, 0.1) is 0 Å². The summed E-state index contributed by atoms with van der Waals surface area (Å²) in [5.74, 6) is 1.69. The van der Waals surface area contributed by atoms with Gasteiger partial charge in [0, 0.05) is 13.2 Å². The molecule has 0 bridgehead atoms. The summed E-state index contributed by atoms with van der Waals surface area (Å²) in [5, 5.41) is 0. The highest BCUT2D eigenvalue weighted by molar-refractivity contribution is 6.61. The maximum Gasteiger partial charge on any atom is 0.522 e. The summed E-state index contributed by atoms with van der Waals surface area (Å²) in [6, 6.07) is 0. The van der Waals surface area contributed by atoms with Crippen molar-refractivity contribution in [3.63, 3.8) is 0 Å². The summed E-state index contributed by atoms with van der Waals surface area (Å²) in [6.07, 6.45) is 5.11. The molecule has 0 N–H and O–H groups in total. The van der Waals surface area contributed by atoms with E-state index in [2.05, 4.69) is 36.8 Å². The lowest BCUT2D eigenvalue weighted by molar-refractivity contribution is 0.0401. The largest absolute Gasteiger partial charge is 0.522 e. The first-order valence-electron chi connectivity index (χ1n) is 8.90. The Morgan fingerprint density at radius 2 is 1.10 bits per heavy atom. The highest BCUT2D eigenvalue weighted by Crippen LogP contribution is 2.29. The molecule has 21 heavy (non-hydrogen) atoms. The maximum atomic E-state index is 6.39. The lowest BCUT2D eigenvalue weighted by atomic mass is 10.0. The van der Waals surface area contributed by atoms with E-state index in [4.69, 9.17) is 8.85 Å². The molecule has 0 saturated carbocycles. The molecule has 2 aliphatic heterocycles. The van der Waals surface area contributed by atoms with E-state index < -0.39 is 8.88 Å². The van der Waals surface area contributed by atoms with Crippen LogP contribution in [0.4, 0.5) is 0 Å². The zero-order valence-electron chi connectivity index (χ0n) is 14.4. The third-order valence-electron chi connectivity index (χ3n) is 5.03. The number of hydrogen-bond donors (Lipinski definition) is 0. The second kappa shape index (κ2) is 8.06. The smallest absolute Gasteiger partial charge is 0.371 e. The first-order chi connectivity index (χ1) is 10.1. The lowest BCUT2D eigenvalue weighted by Gasteiger charge is -2.49. The SMILES string of the molecule is CCO[Si](OCC)(N1CCC(C)CC1)N1CCC(C)CC1. The molecule has 0 aromatic rings. The number of nitrogens with zero attached hydrogens (tertiary/aromatic N) is 2. The minimum atomic E-state index is -2.39. The molecule has 2 aliphatic rings. The van der Waals surface area contributed by atoms with Crippen LogP contribution in [-0.4, -0.2) is 57.4 Å². The molecule has 0 amide bonds. The van der Waals surface area contributed by atoms with Gasteiger partial charge in [0.15, 0.2) is 0 Å². The Bertz CT molecular complexity index is 271. The van der Waals surface area contributed by atoms with Crippen LogP contribution in [0.1, 0.15) is 53.4 Å². The number of piperidine rings is 2. The van der Waals surface area contributed by atoms with Crippen LogP contribution in [-0.2, 0) is 8.85 Å². The highest BCUT2D eigenvalue weighted by Gasteiger charge is 2.52. The minimum Gasteiger partial charge on any atom is -0.371 e. The molecule has 0 atom stereocenters. The average molecular weight is 315 g/mol. The van der Waals surface area contributed by atoms with Crippen LogP contribution in [0, 0.1) is 11.8 Å². The molecule has 0 unspecified atom stereocenters. The van der Waals surface area contributed by atoms with E-state index in [-0.39, 0.29) is 0 Å². The van der Waals surface area contributed by atoms with Gasteiger partial charge in [-0.05, 0) is 77.5 Å². The zero-order chi connectivity index (χ0) is 15.3. The van der Waals surface area contributed by atoms with E-state index in [1.165, 1.54) is 25.7 Å². The quantitative estimate of drug-likeness (QED) is 0.704. The molecule has 2 fully saturated rings. The Morgan fingerprint density at radius 3 is 1.38 bits per heavy atom. The van der Waals surface area contributed by atoms with Crippen LogP contribution in [0.3, 0.4) is 0 Å². The Labute approximate surface area is 132 Å². The molecular formula is C16H34N2O2Si. The van der Waals surface area contributed by atoms with Gasteiger partial charge in [0.2, 0.25) is 0 Å². The minimum absolute atomic E-state index is 0.754. The van der Waals surface area contributed by atoms with Crippen LogP contribution in [0.2, 0.25) is 0 Å². The van der Waals surface area contributed by atoms with Gasteiger partial charge in [-0.25, -0.2) is 0 Å². The summed E-state index contributed by atoms with van der Waals surface area (Å²) in [4.78, 5) is 0. The average Bonchev–Trinajstić information content (AvgIpc) is 2.48. The van der Waals surface area contributed by atoms with Crippen molar-refractivity contribution in [3.05, 3.63) is 0 Å². The molecule has 0 aromatic heterocycles. The molecule has 2 heterocycles. The molecular weight excluding hydrogens is 280 g/mol. The van der Waals surface area contributed by atoms with Crippen molar-refractivity contribution in [2.24, 2.45) is 11.8 Å². The predicted molar refractivity (Wildman–Crippen MR) is 88.9 cm³/mol. The predicted octanol–water partition coefficient (Wildman–Crippen LogP) is 2.96. The van der Waals surface area contributed by atoms with Crippen molar-refractivity contribution in [1.82, 2.24) is 9.13 Å². The fraction of sp³-hybridized carbons (Fsp3) is 1.00. The second-order valence-corrected chi connectivity index (χ2v) is 9.69. The first-order valence-corrected chi connectivity index (χ1v) is 10.6. The van der Waals surface area contributed by atoms with Crippen molar-refractivity contribution < 1.29 is 8.85 Å². The van der Waals surface area contributed by atoms with Crippen LogP contribution in [0.25, 0.3) is 0 Å². The van der Waals surface area contributed by atoms with Gasteiger partial charge in [0.1, 0.15) is 0 Å². The van der Waals surface area contributed by atoms with Gasteiger partial charge in [-0.15, -0.1) is 0 Å². The third-order valence-corrected chi connectivity index (χ3v) is 8.85. The Kier molecular flexibility index (Phi) is 6.68. The van der Waals surface area contributed by atoms with E-state index in [0.29, 0.717) is 0 Å². The van der Waals surface area contributed by atoms with Crippen molar-refractivity contribution >= 4 is 8.88 Å².